The van der Waals surface area contributed by atoms with Crippen LogP contribution < -0.4 is 10.9 Å². The topological polar surface area (TPSA) is 73.3 Å². The molecule has 2 aromatic rings. The third kappa shape index (κ3) is 3.43. The zero-order chi connectivity index (χ0) is 18.2. The molecule has 25 heavy (non-hydrogen) atoms. The highest BCUT2D eigenvalue weighted by Crippen LogP contribution is 2.36. The molecule has 1 fully saturated rings. The molecule has 1 aliphatic heterocycles. The SMILES string of the molecule is Cc1cnccc1C(=O)Nc1ccnc(B2OC(C)(C)C(C)(C)O2)c1. The Morgan fingerprint density at radius 2 is 1.80 bits per heavy atom. The smallest absolute Gasteiger partial charge is 0.398 e. The molecule has 0 bridgehead atoms. The molecular weight excluding hydrogens is 317 g/mol. The summed E-state index contributed by atoms with van der Waals surface area (Å²) in [5.41, 5.74) is 1.80. The molecule has 0 unspecified atom stereocenters. The molecule has 7 heteroatoms. The predicted molar refractivity (Wildman–Crippen MR) is 96.9 cm³/mol. The molecule has 3 rings (SSSR count). The lowest BCUT2D eigenvalue weighted by Gasteiger charge is -2.32. The van der Waals surface area contributed by atoms with E-state index in [4.69, 9.17) is 9.31 Å². The molecule has 1 amide bonds. The quantitative estimate of drug-likeness (QED) is 0.869. The molecule has 1 saturated heterocycles. The van der Waals surface area contributed by atoms with Crippen molar-refractivity contribution < 1.29 is 14.1 Å². The van der Waals surface area contributed by atoms with Crippen LogP contribution in [0.1, 0.15) is 43.6 Å². The molecule has 130 valence electrons. The van der Waals surface area contributed by atoms with Gasteiger partial charge < -0.3 is 14.6 Å². The zero-order valence-electron chi connectivity index (χ0n) is 15.2. The molecule has 0 atom stereocenters. The van der Waals surface area contributed by atoms with E-state index in [0.29, 0.717) is 16.8 Å². The summed E-state index contributed by atoms with van der Waals surface area (Å²) in [5, 5.41) is 2.89. The van der Waals surface area contributed by atoms with Gasteiger partial charge in [-0.3, -0.25) is 14.8 Å². The van der Waals surface area contributed by atoms with E-state index in [1.54, 1.807) is 36.8 Å². The Hall–Kier alpha value is -2.25. The van der Waals surface area contributed by atoms with Crippen LogP contribution in [-0.2, 0) is 9.31 Å². The average Bonchev–Trinajstić information content (AvgIpc) is 2.76. The maximum absolute atomic E-state index is 12.5. The van der Waals surface area contributed by atoms with E-state index >= 15 is 0 Å². The average molecular weight is 339 g/mol. The van der Waals surface area contributed by atoms with Crippen molar-refractivity contribution >= 4 is 24.3 Å². The first-order chi connectivity index (χ1) is 11.7. The third-order valence-electron chi connectivity index (χ3n) is 4.80. The minimum atomic E-state index is -0.565. The van der Waals surface area contributed by atoms with Gasteiger partial charge in [0.05, 0.1) is 16.8 Å². The Morgan fingerprint density at radius 3 is 2.44 bits per heavy atom. The molecule has 0 spiro atoms. The van der Waals surface area contributed by atoms with Gasteiger partial charge in [0, 0.05) is 29.8 Å². The lowest BCUT2D eigenvalue weighted by molar-refractivity contribution is 0.00578. The summed E-state index contributed by atoms with van der Waals surface area (Å²) >= 11 is 0. The highest BCUT2D eigenvalue weighted by Gasteiger charge is 2.52. The maximum Gasteiger partial charge on any atom is 0.514 e. The van der Waals surface area contributed by atoms with E-state index in [-0.39, 0.29) is 5.91 Å². The minimum Gasteiger partial charge on any atom is -0.398 e. The first-order valence-corrected chi connectivity index (χ1v) is 8.23. The summed E-state index contributed by atoms with van der Waals surface area (Å²) in [4.78, 5) is 20.8. The van der Waals surface area contributed by atoms with Gasteiger partial charge in [0.25, 0.3) is 5.91 Å². The van der Waals surface area contributed by atoms with Crippen LogP contribution in [-0.4, -0.2) is 34.2 Å². The maximum atomic E-state index is 12.5. The van der Waals surface area contributed by atoms with Crippen molar-refractivity contribution in [2.45, 2.75) is 45.8 Å². The Kier molecular flexibility index (Phi) is 4.39. The number of anilines is 1. The van der Waals surface area contributed by atoms with Crippen LogP contribution in [0.2, 0.25) is 0 Å². The molecule has 2 aromatic heterocycles. The molecule has 3 heterocycles. The highest BCUT2D eigenvalue weighted by atomic mass is 16.7. The molecular formula is C18H22BN3O3. The fourth-order valence-corrected chi connectivity index (χ4v) is 2.55. The summed E-state index contributed by atoms with van der Waals surface area (Å²) in [6.07, 6.45) is 4.90. The number of carbonyl (C=O) groups is 1. The van der Waals surface area contributed by atoms with E-state index in [1.807, 2.05) is 34.6 Å². The second-order valence-electron chi connectivity index (χ2n) is 7.20. The molecule has 1 aliphatic rings. The standard InChI is InChI=1S/C18H22BN3O3/c1-12-11-20-8-7-14(12)16(23)22-13-6-9-21-15(10-13)19-24-17(2,3)18(4,5)25-19/h6-11H,1-5H3,(H,21,22,23). The monoisotopic (exact) mass is 339 g/mol. The van der Waals surface area contributed by atoms with E-state index in [2.05, 4.69) is 15.3 Å². The molecule has 0 aromatic carbocycles. The van der Waals surface area contributed by atoms with Gasteiger partial charge in [-0.25, -0.2) is 0 Å². The Balaban J connectivity index is 1.79. The van der Waals surface area contributed by atoms with Crippen molar-refractivity contribution in [3.05, 3.63) is 47.9 Å². The van der Waals surface area contributed by atoms with Crippen molar-refractivity contribution in [3.8, 4) is 0 Å². The number of pyridine rings is 2. The van der Waals surface area contributed by atoms with Crippen molar-refractivity contribution in [1.29, 1.82) is 0 Å². The molecule has 0 radical (unpaired) electrons. The van der Waals surface area contributed by atoms with Gasteiger partial charge in [0.15, 0.2) is 0 Å². The van der Waals surface area contributed by atoms with Gasteiger partial charge in [-0.2, -0.15) is 0 Å². The number of hydrogen-bond acceptors (Lipinski definition) is 5. The summed E-state index contributed by atoms with van der Waals surface area (Å²) < 4.78 is 12.0. The van der Waals surface area contributed by atoms with Crippen molar-refractivity contribution in [2.24, 2.45) is 0 Å². The van der Waals surface area contributed by atoms with Crippen molar-refractivity contribution in [1.82, 2.24) is 9.97 Å². The summed E-state index contributed by atoms with van der Waals surface area (Å²) in [6, 6.07) is 5.21. The van der Waals surface area contributed by atoms with Crippen LogP contribution in [0.15, 0.2) is 36.8 Å². The number of rotatable bonds is 3. The number of aromatic nitrogens is 2. The first-order valence-electron chi connectivity index (χ1n) is 8.23. The van der Waals surface area contributed by atoms with E-state index in [0.717, 1.165) is 5.56 Å². The number of nitrogens with one attached hydrogen (secondary N) is 1. The van der Waals surface area contributed by atoms with Gasteiger partial charge in [0.1, 0.15) is 0 Å². The lowest BCUT2D eigenvalue weighted by Crippen LogP contribution is -2.41. The van der Waals surface area contributed by atoms with Crippen LogP contribution >= 0.6 is 0 Å². The fourth-order valence-electron chi connectivity index (χ4n) is 2.55. The van der Waals surface area contributed by atoms with Crippen LogP contribution in [0, 0.1) is 6.92 Å². The third-order valence-corrected chi connectivity index (χ3v) is 4.80. The summed E-state index contributed by atoms with van der Waals surface area (Å²) in [5.74, 6) is -0.189. The number of nitrogens with zero attached hydrogens (tertiary/aromatic N) is 2. The number of aryl methyl sites for hydroxylation is 1. The molecule has 6 nitrogen and oxygen atoms in total. The van der Waals surface area contributed by atoms with Gasteiger partial charge in [-0.15, -0.1) is 0 Å². The number of amides is 1. The number of carbonyl (C=O) groups excluding carboxylic acids is 1. The van der Waals surface area contributed by atoms with Crippen LogP contribution in [0.5, 0.6) is 0 Å². The van der Waals surface area contributed by atoms with E-state index in [1.165, 1.54) is 0 Å². The van der Waals surface area contributed by atoms with Crippen molar-refractivity contribution in [2.75, 3.05) is 5.32 Å². The minimum absolute atomic E-state index is 0.189. The van der Waals surface area contributed by atoms with Gasteiger partial charge >= 0.3 is 7.12 Å². The largest absolute Gasteiger partial charge is 0.514 e. The second-order valence-corrected chi connectivity index (χ2v) is 7.20. The zero-order valence-corrected chi connectivity index (χ0v) is 15.2. The second kappa shape index (κ2) is 6.24. The van der Waals surface area contributed by atoms with Gasteiger partial charge in [-0.05, 0) is 58.4 Å². The Labute approximate surface area is 148 Å². The first kappa shape index (κ1) is 17.6. The normalized spacial score (nSPS) is 18.2. The van der Waals surface area contributed by atoms with Gasteiger partial charge in [-0.1, -0.05) is 0 Å². The summed E-state index contributed by atoms with van der Waals surface area (Å²) in [6.45, 7) is 9.82. The Bertz CT molecular complexity index is 792. The lowest BCUT2D eigenvalue weighted by atomic mass is 9.84. The fraction of sp³-hybridized carbons (Fsp3) is 0.389. The summed E-state index contributed by atoms with van der Waals surface area (Å²) in [7, 11) is -0.565. The van der Waals surface area contributed by atoms with Gasteiger partial charge in [0.2, 0.25) is 0 Å². The van der Waals surface area contributed by atoms with Crippen LogP contribution in [0.3, 0.4) is 0 Å². The molecule has 0 aliphatic carbocycles. The van der Waals surface area contributed by atoms with Crippen LogP contribution in [0.25, 0.3) is 0 Å². The molecule has 1 N–H and O–H groups in total. The van der Waals surface area contributed by atoms with Crippen LogP contribution in [0.4, 0.5) is 5.69 Å². The Morgan fingerprint density at radius 1 is 1.12 bits per heavy atom. The van der Waals surface area contributed by atoms with E-state index in [9.17, 15) is 4.79 Å². The molecule has 0 saturated carbocycles. The highest BCUT2D eigenvalue weighted by molar-refractivity contribution is 6.61. The van der Waals surface area contributed by atoms with E-state index < -0.39 is 18.3 Å². The predicted octanol–water partition coefficient (Wildman–Crippen LogP) is 2.34. The number of hydrogen-bond donors (Lipinski definition) is 1. The van der Waals surface area contributed by atoms with Crippen molar-refractivity contribution in [3.63, 3.8) is 0 Å².